The van der Waals surface area contributed by atoms with Crippen LogP contribution in [0.25, 0.3) is 6.08 Å². The fraction of sp³-hybridized carbons (Fsp3) is 0.462. The molecule has 2 aliphatic rings. The Kier molecular flexibility index (Phi) is 6.81. The summed E-state index contributed by atoms with van der Waals surface area (Å²) in [6.07, 6.45) is 8.09. The van der Waals surface area contributed by atoms with E-state index in [1.807, 2.05) is 6.07 Å². The van der Waals surface area contributed by atoms with E-state index < -0.39 is 5.60 Å². The van der Waals surface area contributed by atoms with E-state index in [1.165, 1.54) is 37.2 Å². The summed E-state index contributed by atoms with van der Waals surface area (Å²) >= 11 is 0. The van der Waals surface area contributed by atoms with Gasteiger partial charge in [0.05, 0.1) is 5.60 Å². The molecule has 29 heavy (non-hydrogen) atoms. The Morgan fingerprint density at radius 2 is 1.59 bits per heavy atom. The lowest BCUT2D eigenvalue weighted by Crippen LogP contribution is -2.45. The Hall–Kier alpha value is -1.94. The molecule has 0 amide bonds. The van der Waals surface area contributed by atoms with Crippen LogP contribution in [-0.4, -0.2) is 53.2 Å². The molecule has 2 fully saturated rings. The molecule has 1 unspecified atom stereocenters. The van der Waals surface area contributed by atoms with Crippen LogP contribution in [0.5, 0.6) is 0 Å². The average Bonchev–Trinajstić information content (AvgIpc) is 3.18. The molecular formula is C26H34N2O. The van der Waals surface area contributed by atoms with Crippen molar-refractivity contribution in [1.29, 1.82) is 0 Å². The van der Waals surface area contributed by atoms with Gasteiger partial charge in [0.1, 0.15) is 0 Å². The molecule has 0 saturated carbocycles. The second-order valence-corrected chi connectivity index (χ2v) is 8.92. The highest BCUT2D eigenvalue weighted by Crippen LogP contribution is 2.28. The second-order valence-electron chi connectivity index (χ2n) is 8.92. The number of aliphatic hydroxyl groups is 1. The number of piperidine rings is 1. The molecule has 4 rings (SSSR count). The van der Waals surface area contributed by atoms with Crippen LogP contribution in [0.2, 0.25) is 0 Å². The summed E-state index contributed by atoms with van der Waals surface area (Å²) in [5, 5.41) is 10.9. The van der Waals surface area contributed by atoms with Gasteiger partial charge in [-0.3, -0.25) is 4.90 Å². The molecule has 2 aromatic carbocycles. The zero-order valence-electron chi connectivity index (χ0n) is 17.4. The highest BCUT2D eigenvalue weighted by Gasteiger charge is 2.33. The lowest BCUT2D eigenvalue weighted by Gasteiger charge is -2.38. The maximum absolute atomic E-state index is 10.9. The van der Waals surface area contributed by atoms with Crippen LogP contribution in [0, 0.1) is 5.92 Å². The molecule has 0 spiro atoms. The minimum atomic E-state index is -0.531. The third-order valence-corrected chi connectivity index (χ3v) is 6.53. The highest BCUT2D eigenvalue weighted by atomic mass is 16.3. The first kappa shape index (κ1) is 20.3. The van der Waals surface area contributed by atoms with Gasteiger partial charge in [-0.15, -0.1) is 0 Å². The van der Waals surface area contributed by atoms with E-state index in [0.717, 1.165) is 44.8 Å². The first-order valence-corrected chi connectivity index (χ1v) is 11.1. The zero-order valence-corrected chi connectivity index (χ0v) is 17.4. The Balaban J connectivity index is 1.18. The van der Waals surface area contributed by atoms with E-state index >= 15 is 0 Å². The molecule has 1 atom stereocenters. The smallest absolute Gasteiger partial charge is 0.0706 e. The highest BCUT2D eigenvalue weighted by molar-refractivity contribution is 5.48. The summed E-state index contributed by atoms with van der Waals surface area (Å²) in [7, 11) is 0. The number of rotatable bonds is 7. The molecule has 0 aromatic heterocycles. The molecule has 3 nitrogen and oxygen atoms in total. The SMILES string of the molecule is OC1(C/C=C/c2ccccc2)CCN(CC2CCN(Cc3ccccc3)C2)CC1. The lowest BCUT2D eigenvalue weighted by molar-refractivity contribution is -0.0211. The van der Waals surface area contributed by atoms with Gasteiger partial charge in [-0.25, -0.2) is 0 Å². The third-order valence-electron chi connectivity index (χ3n) is 6.53. The van der Waals surface area contributed by atoms with Crippen molar-refractivity contribution in [2.24, 2.45) is 5.92 Å². The molecule has 3 heteroatoms. The fourth-order valence-electron chi connectivity index (χ4n) is 4.75. The first-order chi connectivity index (χ1) is 14.2. The van der Waals surface area contributed by atoms with Crippen LogP contribution in [0.1, 0.15) is 36.8 Å². The molecule has 0 radical (unpaired) electrons. The third kappa shape index (κ3) is 6.02. The normalized spacial score (nSPS) is 23.0. The van der Waals surface area contributed by atoms with Crippen molar-refractivity contribution >= 4 is 6.08 Å². The summed E-state index contributed by atoms with van der Waals surface area (Å²) in [6.45, 7) is 6.71. The van der Waals surface area contributed by atoms with Crippen LogP contribution < -0.4 is 0 Å². The number of likely N-dealkylation sites (tertiary alicyclic amines) is 2. The number of hydrogen-bond donors (Lipinski definition) is 1. The molecule has 2 aromatic rings. The van der Waals surface area contributed by atoms with E-state index in [2.05, 4.69) is 76.5 Å². The minimum Gasteiger partial charge on any atom is -0.389 e. The molecule has 2 heterocycles. The Bertz CT molecular complexity index is 766. The molecule has 154 valence electrons. The van der Waals surface area contributed by atoms with Gasteiger partial charge in [-0.2, -0.15) is 0 Å². The van der Waals surface area contributed by atoms with Gasteiger partial charge in [0.2, 0.25) is 0 Å². The Morgan fingerprint density at radius 1 is 0.897 bits per heavy atom. The Labute approximate surface area is 175 Å². The Morgan fingerprint density at radius 3 is 2.31 bits per heavy atom. The van der Waals surface area contributed by atoms with Crippen molar-refractivity contribution in [1.82, 2.24) is 9.80 Å². The van der Waals surface area contributed by atoms with E-state index in [9.17, 15) is 5.11 Å². The summed E-state index contributed by atoms with van der Waals surface area (Å²) < 4.78 is 0. The van der Waals surface area contributed by atoms with Crippen molar-refractivity contribution in [2.75, 3.05) is 32.7 Å². The minimum absolute atomic E-state index is 0.531. The van der Waals surface area contributed by atoms with E-state index in [-0.39, 0.29) is 0 Å². The lowest BCUT2D eigenvalue weighted by atomic mass is 9.87. The van der Waals surface area contributed by atoms with Gasteiger partial charge < -0.3 is 10.0 Å². The van der Waals surface area contributed by atoms with E-state index in [1.54, 1.807) is 0 Å². The number of nitrogens with zero attached hydrogens (tertiary/aromatic N) is 2. The maximum atomic E-state index is 10.9. The van der Waals surface area contributed by atoms with Gasteiger partial charge in [0, 0.05) is 32.7 Å². The van der Waals surface area contributed by atoms with Gasteiger partial charge in [0.15, 0.2) is 0 Å². The van der Waals surface area contributed by atoms with Gasteiger partial charge in [0.25, 0.3) is 0 Å². The van der Waals surface area contributed by atoms with Gasteiger partial charge in [-0.05, 0) is 49.3 Å². The van der Waals surface area contributed by atoms with Crippen molar-refractivity contribution in [3.63, 3.8) is 0 Å². The standard InChI is InChI=1S/C26H34N2O/c29-26(14-7-12-23-8-3-1-4-9-23)15-18-27(19-16-26)21-25-13-17-28(22-25)20-24-10-5-2-6-11-24/h1-12,25,29H,13-22H2/b12-7+. The van der Waals surface area contributed by atoms with E-state index in [4.69, 9.17) is 0 Å². The van der Waals surface area contributed by atoms with Crippen molar-refractivity contribution < 1.29 is 5.11 Å². The molecule has 2 saturated heterocycles. The number of benzene rings is 2. The summed E-state index contributed by atoms with van der Waals surface area (Å²) in [6, 6.07) is 21.2. The van der Waals surface area contributed by atoms with Crippen LogP contribution in [-0.2, 0) is 6.54 Å². The largest absolute Gasteiger partial charge is 0.389 e. The summed E-state index contributed by atoms with van der Waals surface area (Å²) in [5.74, 6) is 0.767. The van der Waals surface area contributed by atoms with Crippen LogP contribution in [0.15, 0.2) is 66.7 Å². The first-order valence-electron chi connectivity index (χ1n) is 11.1. The second kappa shape index (κ2) is 9.71. The summed E-state index contributed by atoms with van der Waals surface area (Å²) in [5.41, 5.74) is 2.09. The quantitative estimate of drug-likeness (QED) is 0.757. The number of hydrogen-bond acceptors (Lipinski definition) is 3. The van der Waals surface area contributed by atoms with E-state index in [0.29, 0.717) is 0 Å². The van der Waals surface area contributed by atoms with Crippen LogP contribution >= 0.6 is 0 Å². The van der Waals surface area contributed by atoms with Crippen LogP contribution in [0.3, 0.4) is 0 Å². The molecule has 1 N–H and O–H groups in total. The molecular weight excluding hydrogens is 356 g/mol. The predicted molar refractivity (Wildman–Crippen MR) is 121 cm³/mol. The van der Waals surface area contributed by atoms with Gasteiger partial charge in [-0.1, -0.05) is 72.8 Å². The van der Waals surface area contributed by atoms with Crippen molar-refractivity contribution in [2.45, 2.75) is 37.8 Å². The zero-order chi connectivity index (χ0) is 19.9. The van der Waals surface area contributed by atoms with Crippen molar-refractivity contribution in [3.8, 4) is 0 Å². The fourth-order valence-corrected chi connectivity index (χ4v) is 4.75. The van der Waals surface area contributed by atoms with Crippen molar-refractivity contribution in [3.05, 3.63) is 77.9 Å². The van der Waals surface area contributed by atoms with Gasteiger partial charge >= 0.3 is 0 Å². The molecule has 0 bridgehead atoms. The maximum Gasteiger partial charge on any atom is 0.0706 e. The molecule has 2 aliphatic heterocycles. The summed E-state index contributed by atoms with van der Waals surface area (Å²) in [4.78, 5) is 5.17. The topological polar surface area (TPSA) is 26.7 Å². The predicted octanol–water partition coefficient (Wildman–Crippen LogP) is 4.44. The van der Waals surface area contributed by atoms with Crippen LogP contribution in [0.4, 0.5) is 0 Å². The average molecular weight is 391 g/mol. The molecule has 0 aliphatic carbocycles. The monoisotopic (exact) mass is 390 g/mol.